The molecule has 22 heavy (non-hydrogen) atoms. The van der Waals surface area contributed by atoms with Gasteiger partial charge in [-0.1, -0.05) is 11.6 Å². The Bertz CT molecular complexity index is 515. The predicted molar refractivity (Wildman–Crippen MR) is 82.7 cm³/mol. The molecule has 2 amide bonds. The molecule has 1 fully saturated rings. The van der Waals surface area contributed by atoms with Crippen LogP contribution in [0.2, 0.25) is 5.02 Å². The van der Waals surface area contributed by atoms with Gasteiger partial charge in [-0.25, -0.2) is 9.78 Å². The van der Waals surface area contributed by atoms with Crippen LogP contribution >= 0.6 is 11.6 Å². The highest BCUT2D eigenvalue weighted by atomic mass is 35.5. The summed E-state index contributed by atoms with van der Waals surface area (Å²) in [7, 11) is 0. The van der Waals surface area contributed by atoms with E-state index >= 15 is 0 Å². The molecule has 1 aromatic rings. The molecular weight excluding hydrogens is 308 g/mol. The van der Waals surface area contributed by atoms with Crippen molar-refractivity contribution in [3.8, 4) is 0 Å². The molecule has 0 spiro atoms. The summed E-state index contributed by atoms with van der Waals surface area (Å²) in [6, 6.07) is 3.73. The average Bonchev–Trinajstić information content (AvgIpc) is 2.52. The van der Waals surface area contributed by atoms with Gasteiger partial charge in [0.1, 0.15) is 5.82 Å². The molecule has 1 aromatic heterocycles. The fourth-order valence-electron chi connectivity index (χ4n) is 2.34. The molecule has 0 bridgehead atoms. The van der Waals surface area contributed by atoms with E-state index in [2.05, 4.69) is 19.9 Å². The van der Waals surface area contributed by atoms with Gasteiger partial charge in [0.15, 0.2) is 6.61 Å². The van der Waals surface area contributed by atoms with Crippen molar-refractivity contribution in [1.29, 1.82) is 0 Å². The SMILES string of the molecule is NC(=O)COC(=O)NCC1CCN(c2ccc(Cl)cn2)CC1. The number of rotatable bonds is 5. The number of primary amides is 1. The minimum absolute atomic E-state index is 0.379. The molecule has 0 radical (unpaired) electrons. The van der Waals surface area contributed by atoms with Gasteiger partial charge >= 0.3 is 6.09 Å². The monoisotopic (exact) mass is 326 g/mol. The third kappa shape index (κ3) is 5.07. The number of hydrogen-bond acceptors (Lipinski definition) is 5. The summed E-state index contributed by atoms with van der Waals surface area (Å²) < 4.78 is 4.64. The van der Waals surface area contributed by atoms with Crippen LogP contribution in [-0.4, -0.2) is 43.2 Å². The van der Waals surface area contributed by atoms with Crippen molar-refractivity contribution in [3.05, 3.63) is 23.4 Å². The van der Waals surface area contributed by atoms with Gasteiger partial charge in [0.2, 0.25) is 0 Å². The van der Waals surface area contributed by atoms with E-state index in [1.54, 1.807) is 6.20 Å². The van der Waals surface area contributed by atoms with Crippen LogP contribution in [0.3, 0.4) is 0 Å². The van der Waals surface area contributed by atoms with Gasteiger partial charge in [-0.2, -0.15) is 0 Å². The number of carbonyl (C=O) groups is 2. The van der Waals surface area contributed by atoms with Crippen molar-refractivity contribution < 1.29 is 14.3 Å². The quantitative estimate of drug-likeness (QED) is 0.846. The van der Waals surface area contributed by atoms with Crippen LogP contribution in [0.25, 0.3) is 0 Å². The standard InChI is InChI=1S/C14H19ClN4O3/c15-11-1-2-13(17-8-11)19-5-3-10(4-6-19)7-18-14(21)22-9-12(16)20/h1-2,8,10H,3-7,9H2,(H2,16,20)(H,18,21). The zero-order chi connectivity index (χ0) is 15.9. The molecule has 1 aliphatic heterocycles. The Morgan fingerprint density at radius 2 is 2.14 bits per heavy atom. The minimum atomic E-state index is -0.668. The Morgan fingerprint density at radius 1 is 1.41 bits per heavy atom. The van der Waals surface area contributed by atoms with Crippen LogP contribution in [0.15, 0.2) is 18.3 Å². The number of halogens is 1. The Balaban J connectivity index is 1.70. The number of pyridine rings is 1. The Kier molecular flexibility index (Phi) is 5.83. The third-order valence-electron chi connectivity index (χ3n) is 3.53. The summed E-state index contributed by atoms with van der Waals surface area (Å²) in [6.45, 7) is 1.88. The molecule has 0 atom stereocenters. The first-order valence-corrected chi connectivity index (χ1v) is 7.48. The number of anilines is 1. The summed E-state index contributed by atoms with van der Waals surface area (Å²) in [5.74, 6) is 0.625. The second kappa shape index (κ2) is 7.84. The number of nitrogens with one attached hydrogen (secondary N) is 1. The number of piperidine rings is 1. The lowest BCUT2D eigenvalue weighted by molar-refractivity contribution is -0.120. The Labute approximate surface area is 133 Å². The average molecular weight is 327 g/mol. The molecule has 0 saturated carbocycles. The number of amides is 2. The molecule has 3 N–H and O–H groups in total. The summed E-state index contributed by atoms with van der Waals surface area (Å²) in [4.78, 5) is 28.3. The van der Waals surface area contributed by atoms with Crippen molar-refractivity contribution in [1.82, 2.24) is 10.3 Å². The largest absolute Gasteiger partial charge is 0.439 e. The fourth-order valence-corrected chi connectivity index (χ4v) is 2.45. The summed E-state index contributed by atoms with van der Waals surface area (Å²) >= 11 is 5.83. The second-order valence-corrected chi connectivity index (χ2v) is 5.62. The van der Waals surface area contributed by atoms with Gasteiger partial charge in [0, 0.05) is 25.8 Å². The number of nitrogens with two attached hydrogens (primary N) is 1. The van der Waals surface area contributed by atoms with E-state index in [0.717, 1.165) is 31.7 Å². The first-order chi connectivity index (χ1) is 10.5. The molecule has 2 rings (SSSR count). The maximum atomic E-state index is 11.3. The lowest BCUT2D eigenvalue weighted by Crippen LogP contribution is -2.39. The third-order valence-corrected chi connectivity index (χ3v) is 3.75. The highest BCUT2D eigenvalue weighted by molar-refractivity contribution is 6.30. The molecular formula is C14H19ClN4O3. The number of ether oxygens (including phenoxy) is 1. The number of carbonyl (C=O) groups excluding carboxylic acids is 2. The summed E-state index contributed by atoms with van der Waals surface area (Å²) in [5.41, 5.74) is 4.90. The number of alkyl carbamates (subject to hydrolysis) is 1. The zero-order valence-corrected chi connectivity index (χ0v) is 12.9. The van der Waals surface area contributed by atoms with Crippen LogP contribution in [0.4, 0.5) is 10.6 Å². The number of nitrogens with zero attached hydrogens (tertiary/aromatic N) is 2. The van der Waals surface area contributed by atoms with E-state index in [4.69, 9.17) is 17.3 Å². The lowest BCUT2D eigenvalue weighted by atomic mass is 9.97. The highest BCUT2D eigenvalue weighted by Gasteiger charge is 2.20. The topological polar surface area (TPSA) is 97.6 Å². The molecule has 1 saturated heterocycles. The van der Waals surface area contributed by atoms with Crippen LogP contribution in [0.1, 0.15) is 12.8 Å². The fraction of sp³-hybridized carbons (Fsp3) is 0.500. The van der Waals surface area contributed by atoms with E-state index in [9.17, 15) is 9.59 Å². The maximum absolute atomic E-state index is 11.3. The summed E-state index contributed by atoms with van der Waals surface area (Å²) in [6.07, 6.45) is 2.92. The van der Waals surface area contributed by atoms with Crippen molar-refractivity contribution in [2.24, 2.45) is 11.7 Å². The number of aromatic nitrogens is 1. The molecule has 2 heterocycles. The van der Waals surface area contributed by atoms with Crippen molar-refractivity contribution in [3.63, 3.8) is 0 Å². The lowest BCUT2D eigenvalue weighted by Gasteiger charge is -2.32. The maximum Gasteiger partial charge on any atom is 0.407 e. The first kappa shape index (κ1) is 16.4. The van der Waals surface area contributed by atoms with E-state index in [0.29, 0.717) is 17.5 Å². The van der Waals surface area contributed by atoms with Crippen LogP contribution < -0.4 is 16.0 Å². The van der Waals surface area contributed by atoms with Gasteiger partial charge in [0.05, 0.1) is 5.02 Å². The highest BCUT2D eigenvalue weighted by Crippen LogP contribution is 2.22. The zero-order valence-electron chi connectivity index (χ0n) is 12.1. The molecule has 0 unspecified atom stereocenters. The van der Waals surface area contributed by atoms with Gasteiger partial charge in [-0.3, -0.25) is 4.79 Å². The van der Waals surface area contributed by atoms with Gasteiger partial charge in [0.25, 0.3) is 5.91 Å². The second-order valence-electron chi connectivity index (χ2n) is 5.19. The minimum Gasteiger partial charge on any atom is -0.439 e. The van der Waals surface area contributed by atoms with Crippen LogP contribution in [0.5, 0.6) is 0 Å². The normalized spacial score (nSPS) is 15.4. The molecule has 0 aliphatic carbocycles. The van der Waals surface area contributed by atoms with Crippen molar-refractivity contribution in [2.45, 2.75) is 12.8 Å². The molecule has 120 valence electrons. The summed E-state index contributed by atoms with van der Waals surface area (Å²) in [5, 5.41) is 3.27. The Hall–Kier alpha value is -2.02. The molecule has 8 heteroatoms. The van der Waals surface area contributed by atoms with Gasteiger partial charge in [-0.05, 0) is 30.9 Å². The Morgan fingerprint density at radius 3 is 2.73 bits per heavy atom. The van der Waals surface area contributed by atoms with Crippen LogP contribution in [-0.2, 0) is 9.53 Å². The number of hydrogen-bond donors (Lipinski definition) is 2. The first-order valence-electron chi connectivity index (χ1n) is 7.10. The van der Waals surface area contributed by atoms with Gasteiger partial charge in [-0.15, -0.1) is 0 Å². The van der Waals surface area contributed by atoms with Gasteiger partial charge < -0.3 is 20.7 Å². The molecule has 0 aromatic carbocycles. The smallest absolute Gasteiger partial charge is 0.407 e. The molecule has 7 nitrogen and oxygen atoms in total. The van der Waals surface area contributed by atoms with E-state index in [1.807, 2.05) is 12.1 Å². The molecule has 1 aliphatic rings. The van der Waals surface area contributed by atoms with E-state index in [-0.39, 0.29) is 0 Å². The predicted octanol–water partition coefficient (Wildman–Crippen LogP) is 1.16. The van der Waals surface area contributed by atoms with Crippen LogP contribution in [0, 0.1) is 5.92 Å². The van der Waals surface area contributed by atoms with E-state index in [1.165, 1.54) is 0 Å². The van der Waals surface area contributed by atoms with Crippen molar-refractivity contribution >= 4 is 29.4 Å². The van der Waals surface area contributed by atoms with E-state index < -0.39 is 18.6 Å². The van der Waals surface area contributed by atoms with Crippen molar-refractivity contribution in [2.75, 3.05) is 31.1 Å².